The molecule has 0 aromatic carbocycles. The molecule has 0 aliphatic carbocycles. The summed E-state index contributed by atoms with van der Waals surface area (Å²) in [6.07, 6.45) is 13.8. The monoisotopic (exact) mass is 600 g/mol. The lowest BCUT2D eigenvalue weighted by atomic mass is 10.1. The minimum atomic E-state index is -0.439. The quantitative estimate of drug-likeness (QED) is 0.255. The first-order chi connectivity index (χ1) is 15.5. The van der Waals surface area contributed by atoms with E-state index >= 15 is 0 Å². The molecule has 4 N–H and O–H groups in total. The molecular formula is C24H52Cl4N4O4. The van der Waals surface area contributed by atoms with Crippen molar-refractivity contribution in [1.82, 2.24) is 9.80 Å². The van der Waals surface area contributed by atoms with E-state index in [1.165, 1.54) is 78.9 Å². The van der Waals surface area contributed by atoms with Gasteiger partial charge >= 0.3 is 11.9 Å². The fourth-order valence-corrected chi connectivity index (χ4v) is 4.30. The summed E-state index contributed by atoms with van der Waals surface area (Å²) in [5.41, 5.74) is 11.3. The van der Waals surface area contributed by atoms with Gasteiger partial charge < -0.3 is 30.7 Å². The highest BCUT2D eigenvalue weighted by atomic mass is 35.5. The van der Waals surface area contributed by atoms with Crippen LogP contribution in [-0.4, -0.2) is 87.3 Å². The molecule has 0 bridgehead atoms. The Bertz CT molecular complexity index is 469. The summed E-state index contributed by atoms with van der Waals surface area (Å²) in [5.74, 6) is -0.587. The van der Waals surface area contributed by atoms with Crippen molar-refractivity contribution in [2.24, 2.45) is 11.5 Å². The number of methoxy groups -OCH3 is 2. The zero-order valence-electron chi connectivity index (χ0n) is 22.2. The van der Waals surface area contributed by atoms with E-state index in [0.717, 1.165) is 51.6 Å². The van der Waals surface area contributed by atoms with Gasteiger partial charge in [-0.1, -0.05) is 25.7 Å². The number of rotatable bonds is 12. The number of halogens is 4. The van der Waals surface area contributed by atoms with Crippen molar-refractivity contribution >= 4 is 61.6 Å². The van der Waals surface area contributed by atoms with Crippen molar-refractivity contribution in [3.63, 3.8) is 0 Å². The van der Waals surface area contributed by atoms with Gasteiger partial charge in [-0.2, -0.15) is 0 Å². The van der Waals surface area contributed by atoms with Crippen molar-refractivity contribution in [3.05, 3.63) is 0 Å². The van der Waals surface area contributed by atoms with Crippen LogP contribution >= 0.6 is 49.6 Å². The highest BCUT2D eigenvalue weighted by Gasteiger charge is 2.15. The molecule has 0 saturated carbocycles. The summed E-state index contributed by atoms with van der Waals surface area (Å²) in [6.45, 7) is 7.25. The fourth-order valence-electron chi connectivity index (χ4n) is 4.30. The van der Waals surface area contributed by atoms with E-state index in [1.807, 2.05) is 0 Å². The van der Waals surface area contributed by atoms with Gasteiger partial charge in [0.1, 0.15) is 12.1 Å². The number of ether oxygens (including phenoxy) is 2. The normalized spacial score (nSPS) is 17.2. The summed E-state index contributed by atoms with van der Waals surface area (Å²) < 4.78 is 9.17. The molecule has 36 heavy (non-hydrogen) atoms. The van der Waals surface area contributed by atoms with E-state index in [4.69, 9.17) is 11.5 Å². The Kier molecular flexibility index (Phi) is 33.4. The van der Waals surface area contributed by atoms with E-state index in [9.17, 15) is 9.59 Å². The minimum absolute atomic E-state index is 0. The maximum Gasteiger partial charge on any atom is 0.322 e. The largest absolute Gasteiger partial charge is 0.468 e. The van der Waals surface area contributed by atoms with E-state index < -0.39 is 12.1 Å². The summed E-state index contributed by atoms with van der Waals surface area (Å²) >= 11 is 0. The average Bonchev–Trinajstić information content (AvgIpc) is 2.84. The van der Waals surface area contributed by atoms with Crippen LogP contribution in [0.4, 0.5) is 0 Å². The molecule has 2 saturated heterocycles. The van der Waals surface area contributed by atoms with Gasteiger partial charge in [0.25, 0.3) is 0 Å². The Morgan fingerprint density at radius 2 is 0.917 bits per heavy atom. The van der Waals surface area contributed by atoms with Crippen LogP contribution in [0.15, 0.2) is 0 Å². The molecule has 2 aliphatic heterocycles. The third-order valence-corrected chi connectivity index (χ3v) is 6.38. The third-order valence-electron chi connectivity index (χ3n) is 6.38. The van der Waals surface area contributed by atoms with Crippen LogP contribution in [-0.2, 0) is 19.1 Å². The number of nitrogens with two attached hydrogens (primary N) is 2. The predicted molar refractivity (Wildman–Crippen MR) is 157 cm³/mol. The number of likely N-dealkylation sites (tertiary alicyclic amines) is 2. The van der Waals surface area contributed by atoms with Gasteiger partial charge in [-0.25, -0.2) is 0 Å². The molecule has 8 nitrogen and oxygen atoms in total. The smallest absolute Gasteiger partial charge is 0.322 e. The fraction of sp³-hybridized carbons (Fsp3) is 0.917. The minimum Gasteiger partial charge on any atom is -0.468 e. The van der Waals surface area contributed by atoms with Crippen LogP contribution in [0.2, 0.25) is 0 Å². The van der Waals surface area contributed by atoms with Gasteiger partial charge in [-0.15, -0.1) is 49.6 Å². The number of carbonyl (C=O) groups is 2. The molecule has 12 heteroatoms. The van der Waals surface area contributed by atoms with E-state index in [1.54, 1.807) is 0 Å². The van der Waals surface area contributed by atoms with Crippen LogP contribution in [0, 0.1) is 0 Å². The van der Waals surface area contributed by atoms with Crippen molar-refractivity contribution in [1.29, 1.82) is 0 Å². The molecule has 0 spiro atoms. The predicted octanol–water partition coefficient (Wildman–Crippen LogP) is 3.97. The zero-order chi connectivity index (χ0) is 23.6. The molecular weight excluding hydrogens is 550 g/mol. The van der Waals surface area contributed by atoms with Crippen molar-refractivity contribution in [2.45, 2.75) is 89.1 Å². The lowest BCUT2D eigenvalue weighted by Gasteiger charge is -2.26. The first-order valence-electron chi connectivity index (χ1n) is 12.6. The Morgan fingerprint density at radius 3 is 1.19 bits per heavy atom. The molecule has 2 heterocycles. The van der Waals surface area contributed by atoms with Crippen LogP contribution in [0.3, 0.4) is 0 Å². The molecule has 0 unspecified atom stereocenters. The molecule has 0 aromatic heterocycles. The number of carbonyl (C=O) groups excluding carboxylic acids is 2. The zero-order valence-corrected chi connectivity index (χ0v) is 25.5. The summed E-state index contributed by atoms with van der Waals surface area (Å²) in [4.78, 5) is 27.1. The molecule has 0 radical (unpaired) electrons. The van der Waals surface area contributed by atoms with Crippen LogP contribution in [0.5, 0.6) is 0 Å². The lowest BCUT2D eigenvalue weighted by molar-refractivity contribution is -0.143. The third kappa shape index (κ3) is 20.9. The first-order valence-corrected chi connectivity index (χ1v) is 12.6. The van der Waals surface area contributed by atoms with Gasteiger partial charge in [0, 0.05) is 0 Å². The Labute approximate surface area is 243 Å². The molecule has 2 rings (SSSR count). The van der Waals surface area contributed by atoms with Gasteiger partial charge in [0.15, 0.2) is 0 Å². The number of esters is 2. The Morgan fingerprint density at radius 1 is 0.611 bits per heavy atom. The number of nitrogens with zero attached hydrogens (tertiary/aromatic N) is 2. The topological polar surface area (TPSA) is 111 Å². The molecule has 220 valence electrons. The van der Waals surface area contributed by atoms with Gasteiger partial charge in [-0.3, -0.25) is 9.59 Å². The van der Waals surface area contributed by atoms with E-state index in [-0.39, 0.29) is 61.6 Å². The maximum absolute atomic E-state index is 11.1. The molecule has 2 fully saturated rings. The summed E-state index contributed by atoms with van der Waals surface area (Å²) in [6, 6.07) is -0.877. The van der Waals surface area contributed by atoms with Gasteiger partial charge in [0.05, 0.1) is 14.2 Å². The van der Waals surface area contributed by atoms with E-state index in [0.29, 0.717) is 0 Å². The summed E-state index contributed by atoms with van der Waals surface area (Å²) in [7, 11) is 2.77. The Hall–Kier alpha value is -0.0600. The van der Waals surface area contributed by atoms with E-state index in [2.05, 4.69) is 19.3 Å². The Balaban J connectivity index is -0.000000256. The van der Waals surface area contributed by atoms with Crippen LogP contribution < -0.4 is 11.5 Å². The molecule has 2 atom stereocenters. The number of hydrogen-bond acceptors (Lipinski definition) is 8. The highest BCUT2D eigenvalue weighted by molar-refractivity contribution is 5.86. The lowest BCUT2D eigenvalue weighted by Crippen LogP contribution is -2.32. The molecule has 2 aliphatic rings. The maximum atomic E-state index is 11.1. The highest BCUT2D eigenvalue weighted by Crippen LogP contribution is 2.11. The second-order valence-corrected chi connectivity index (χ2v) is 9.06. The average molecular weight is 603 g/mol. The first kappa shape index (κ1) is 43.0. The standard InChI is InChI=1S/2C12H24N2O2.4ClH/c2*1-16-12(15)11(13)7-3-6-10-14-8-4-2-5-9-14;;;;/h2*11H,2-10,13H2,1H3;4*1H/t2*11-;;;;/m11..../s1. The summed E-state index contributed by atoms with van der Waals surface area (Å²) in [5, 5.41) is 0. The van der Waals surface area contributed by atoms with Crippen molar-refractivity contribution in [2.75, 3.05) is 53.5 Å². The van der Waals surface area contributed by atoms with Crippen molar-refractivity contribution in [3.8, 4) is 0 Å². The number of hydrogen-bond donors (Lipinski definition) is 2. The van der Waals surface area contributed by atoms with Gasteiger partial charge in [0.2, 0.25) is 0 Å². The van der Waals surface area contributed by atoms with Crippen LogP contribution in [0.1, 0.15) is 77.0 Å². The number of piperidine rings is 2. The molecule has 0 amide bonds. The number of unbranched alkanes of at least 4 members (excludes halogenated alkanes) is 2. The molecule has 0 aromatic rings. The second kappa shape index (κ2) is 28.0. The second-order valence-electron chi connectivity index (χ2n) is 9.06. The van der Waals surface area contributed by atoms with Crippen LogP contribution in [0.25, 0.3) is 0 Å². The van der Waals surface area contributed by atoms with Gasteiger partial charge in [-0.05, 0) is 90.6 Å². The van der Waals surface area contributed by atoms with Crippen molar-refractivity contribution < 1.29 is 19.1 Å². The SMILES string of the molecule is COC(=O)[C@H](N)CCCCN1CCCCC1.COC(=O)[C@H](N)CCCCN1CCCCC1.Cl.Cl.Cl.Cl.